The van der Waals surface area contributed by atoms with Gasteiger partial charge >= 0.3 is 6.18 Å². The quantitative estimate of drug-likeness (QED) is 0.290. The van der Waals surface area contributed by atoms with Crippen LogP contribution in [0.4, 0.5) is 28.9 Å². The Morgan fingerprint density at radius 1 is 1.22 bits per heavy atom. The molecule has 11 heteroatoms. The number of alkyl halides is 3. The van der Waals surface area contributed by atoms with Gasteiger partial charge in [0.25, 0.3) is 11.8 Å². The monoisotopic (exact) mass is 528 g/mol. The molecule has 0 atom stereocenters. The molecule has 2 aliphatic rings. The SMILES string of the molecule is C=C/C(=C\C)N1Cc2cc(F)c(N3C(=S)N(c4ccc(C#N)c(C(F)(F)F)c4)C(=O)C3(C)C)cc2C1=O. The first-order valence-electron chi connectivity index (χ1n) is 11.0. The number of amides is 2. The van der Waals surface area contributed by atoms with E-state index in [0.29, 0.717) is 17.3 Å². The van der Waals surface area contributed by atoms with Gasteiger partial charge in [-0.15, -0.1) is 0 Å². The maximum Gasteiger partial charge on any atom is 0.417 e. The second-order valence-electron chi connectivity index (χ2n) is 8.93. The van der Waals surface area contributed by atoms with Gasteiger partial charge in [0.1, 0.15) is 11.4 Å². The van der Waals surface area contributed by atoms with Gasteiger partial charge in [-0.05, 0) is 75.0 Å². The van der Waals surface area contributed by atoms with Crippen LogP contribution in [0.25, 0.3) is 0 Å². The number of anilines is 2. The normalized spacial score (nSPS) is 17.4. The highest BCUT2D eigenvalue weighted by molar-refractivity contribution is 7.81. The van der Waals surface area contributed by atoms with Crippen molar-refractivity contribution in [3.05, 3.63) is 82.8 Å². The minimum absolute atomic E-state index is 0.126. The van der Waals surface area contributed by atoms with Gasteiger partial charge in [0.15, 0.2) is 5.11 Å². The third-order valence-electron chi connectivity index (χ3n) is 6.39. The third kappa shape index (κ3) is 3.97. The van der Waals surface area contributed by atoms with Crippen molar-refractivity contribution in [2.45, 2.75) is 39.0 Å². The van der Waals surface area contributed by atoms with E-state index in [4.69, 9.17) is 17.5 Å². The van der Waals surface area contributed by atoms with E-state index in [9.17, 15) is 22.8 Å². The van der Waals surface area contributed by atoms with Crippen LogP contribution in [0.3, 0.4) is 0 Å². The Balaban J connectivity index is 1.81. The Bertz CT molecular complexity index is 1460. The molecule has 0 aromatic heterocycles. The average molecular weight is 529 g/mol. The summed E-state index contributed by atoms with van der Waals surface area (Å²) in [6, 6.07) is 6.76. The van der Waals surface area contributed by atoms with E-state index < -0.39 is 40.5 Å². The Hall–Kier alpha value is -4.04. The van der Waals surface area contributed by atoms with Crippen molar-refractivity contribution in [2.24, 2.45) is 0 Å². The average Bonchev–Trinajstić information content (AvgIpc) is 3.23. The highest BCUT2D eigenvalue weighted by Crippen LogP contribution is 2.42. The second-order valence-corrected chi connectivity index (χ2v) is 9.29. The maximum atomic E-state index is 15.4. The van der Waals surface area contributed by atoms with Crippen molar-refractivity contribution in [1.82, 2.24) is 4.90 Å². The summed E-state index contributed by atoms with van der Waals surface area (Å²) in [5.41, 5.74) is -2.54. The molecule has 0 radical (unpaired) electrons. The number of fused-ring (bicyclic) bond motifs is 1. The lowest BCUT2D eigenvalue weighted by Gasteiger charge is -2.30. The van der Waals surface area contributed by atoms with Crippen LogP contribution < -0.4 is 9.80 Å². The van der Waals surface area contributed by atoms with Crippen LogP contribution in [0.15, 0.2) is 54.8 Å². The summed E-state index contributed by atoms with van der Waals surface area (Å²) >= 11 is 5.47. The van der Waals surface area contributed by atoms with E-state index in [2.05, 4.69) is 6.58 Å². The topological polar surface area (TPSA) is 67.7 Å². The summed E-state index contributed by atoms with van der Waals surface area (Å²) in [5.74, 6) is -1.85. The fraction of sp³-hybridized carbons (Fsp3) is 0.231. The van der Waals surface area contributed by atoms with Crippen LogP contribution in [0.1, 0.15) is 47.8 Å². The van der Waals surface area contributed by atoms with Crippen molar-refractivity contribution < 1.29 is 27.2 Å². The molecule has 2 amide bonds. The zero-order chi connectivity index (χ0) is 27.4. The molecule has 6 nitrogen and oxygen atoms in total. The van der Waals surface area contributed by atoms with Crippen LogP contribution in [0.2, 0.25) is 0 Å². The molecule has 190 valence electrons. The molecule has 2 aromatic carbocycles. The predicted molar refractivity (Wildman–Crippen MR) is 133 cm³/mol. The van der Waals surface area contributed by atoms with Gasteiger partial charge in [0, 0.05) is 11.3 Å². The molecule has 0 aliphatic carbocycles. The molecule has 2 heterocycles. The molecule has 4 rings (SSSR count). The van der Waals surface area contributed by atoms with Crippen LogP contribution in [-0.2, 0) is 17.5 Å². The van der Waals surface area contributed by atoms with Gasteiger partial charge < -0.3 is 9.80 Å². The van der Waals surface area contributed by atoms with Crippen LogP contribution in [0, 0.1) is 17.1 Å². The van der Waals surface area contributed by atoms with E-state index in [-0.39, 0.29) is 28.6 Å². The lowest BCUT2D eigenvalue weighted by Crippen LogP contribution is -2.44. The lowest BCUT2D eigenvalue weighted by molar-refractivity contribution is -0.137. The van der Waals surface area contributed by atoms with Gasteiger partial charge in [-0.1, -0.05) is 12.7 Å². The summed E-state index contributed by atoms with van der Waals surface area (Å²) in [6.07, 6.45) is -1.66. The largest absolute Gasteiger partial charge is 0.417 e. The smallest absolute Gasteiger partial charge is 0.304 e. The first-order chi connectivity index (χ1) is 17.3. The number of allylic oxidation sites excluding steroid dienone is 2. The van der Waals surface area contributed by atoms with Crippen LogP contribution >= 0.6 is 12.2 Å². The van der Waals surface area contributed by atoms with Crippen molar-refractivity contribution >= 4 is 40.5 Å². The minimum atomic E-state index is -4.85. The highest BCUT2D eigenvalue weighted by Gasteiger charge is 2.52. The second kappa shape index (κ2) is 8.81. The molecular weight excluding hydrogens is 508 g/mol. The Morgan fingerprint density at radius 3 is 2.46 bits per heavy atom. The summed E-state index contributed by atoms with van der Waals surface area (Å²) in [5, 5.41) is 8.81. The Labute approximate surface area is 215 Å². The molecule has 1 fully saturated rings. The molecular formula is C26H20F4N4O2S. The number of nitrogens with zero attached hydrogens (tertiary/aromatic N) is 4. The standard InChI is InChI=1S/C26H20F4N4O2S/c1-5-16(6-2)32-13-15-9-20(27)21(11-18(15)22(32)35)34-24(37)33(23(36)25(34,3)4)17-8-7-14(12-31)19(10-17)26(28,29)30/h5-11H,1,13H2,2-4H3/b16-6+. The number of carbonyl (C=O) groups is 2. The number of rotatable bonds is 4. The van der Waals surface area contributed by atoms with Gasteiger partial charge in [-0.25, -0.2) is 4.39 Å². The van der Waals surface area contributed by atoms with Crippen molar-refractivity contribution in [1.29, 1.82) is 5.26 Å². The molecule has 0 saturated carbocycles. The molecule has 0 unspecified atom stereocenters. The first kappa shape index (κ1) is 26.0. The van der Waals surface area contributed by atoms with Crippen molar-refractivity contribution in [2.75, 3.05) is 9.80 Å². The van der Waals surface area contributed by atoms with E-state index in [0.717, 1.165) is 11.0 Å². The zero-order valence-corrected chi connectivity index (χ0v) is 20.8. The number of thiocarbonyl (C=S) groups is 1. The van der Waals surface area contributed by atoms with Crippen LogP contribution in [0.5, 0.6) is 0 Å². The van der Waals surface area contributed by atoms with E-state index >= 15 is 4.39 Å². The number of hydrogen-bond acceptors (Lipinski definition) is 4. The zero-order valence-electron chi connectivity index (χ0n) is 20.0. The van der Waals surface area contributed by atoms with Gasteiger partial charge in [-0.3, -0.25) is 14.5 Å². The number of benzene rings is 2. The minimum Gasteiger partial charge on any atom is -0.304 e. The molecule has 2 aromatic rings. The molecule has 0 bridgehead atoms. The first-order valence-corrected chi connectivity index (χ1v) is 11.4. The predicted octanol–water partition coefficient (Wildman–Crippen LogP) is 5.68. The fourth-order valence-corrected chi connectivity index (χ4v) is 5.03. The Morgan fingerprint density at radius 2 is 1.89 bits per heavy atom. The number of hydrogen-bond donors (Lipinski definition) is 0. The number of carbonyl (C=O) groups excluding carboxylic acids is 2. The fourth-order valence-electron chi connectivity index (χ4n) is 4.51. The lowest BCUT2D eigenvalue weighted by atomic mass is 10.0. The third-order valence-corrected chi connectivity index (χ3v) is 6.75. The van der Waals surface area contributed by atoms with E-state index in [1.165, 1.54) is 54.0 Å². The van der Waals surface area contributed by atoms with Crippen molar-refractivity contribution in [3.63, 3.8) is 0 Å². The maximum absolute atomic E-state index is 15.4. The van der Waals surface area contributed by atoms with Gasteiger partial charge in [0.2, 0.25) is 0 Å². The summed E-state index contributed by atoms with van der Waals surface area (Å²) < 4.78 is 56.1. The molecule has 2 aliphatic heterocycles. The van der Waals surface area contributed by atoms with Crippen LogP contribution in [-0.4, -0.2) is 27.4 Å². The summed E-state index contributed by atoms with van der Waals surface area (Å²) in [7, 11) is 0. The number of nitriles is 1. The molecule has 37 heavy (non-hydrogen) atoms. The highest BCUT2D eigenvalue weighted by atomic mass is 32.1. The Kier molecular flexibility index (Phi) is 6.20. The van der Waals surface area contributed by atoms with E-state index in [1.807, 2.05) is 0 Å². The summed E-state index contributed by atoms with van der Waals surface area (Å²) in [4.78, 5) is 30.0. The van der Waals surface area contributed by atoms with Gasteiger partial charge in [-0.2, -0.15) is 18.4 Å². The molecule has 1 saturated heterocycles. The number of halogens is 4. The summed E-state index contributed by atoms with van der Waals surface area (Å²) in [6.45, 7) is 8.45. The van der Waals surface area contributed by atoms with Crippen molar-refractivity contribution in [3.8, 4) is 6.07 Å². The van der Waals surface area contributed by atoms with Gasteiger partial charge in [0.05, 0.1) is 35.1 Å². The van der Waals surface area contributed by atoms with E-state index in [1.54, 1.807) is 13.0 Å². The molecule has 0 spiro atoms. The molecule has 0 N–H and O–H groups in total.